The number of rotatable bonds is 8. The molecule has 0 bridgehead atoms. The third kappa shape index (κ3) is 5.63. The second-order valence-corrected chi connectivity index (χ2v) is 10.9. The largest absolute Gasteiger partial charge is 0.366 e. The Bertz CT molecular complexity index is 1440. The number of Topliss-reactive ketones (excluding diaryl/α,β-unsaturated/α-hetero) is 1. The van der Waals surface area contributed by atoms with E-state index < -0.39 is 0 Å². The number of carbonyl (C=O) groups excluding carboxylic acids is 2. The number of carbonyl (C=O) groups is 2. The molecular weight excluding hydrogens is 486 g/mol. The van der Waals surface area contributed by atoms with Gasteiger partial charge in [0, 0.05) is 29.6 Å². The SMILES string of the molecule is Cc1ncsc1COCC(=O)Nc1cc(-c2[nH]c3c(c2Nc2ccccc2)C(=O)CC(C)(C)C3)ccn1. The number of H-pyrrole nitrogens is 1. The lowest BCUT2D eigenvalue weighted by Crippen LogP contribution is -2.26. The van der Waals surface area contributed by atoms with Crippen molar-refractivity contribution >= 4 is 40.2 Å². The van der Waals surface area contributed by atoms with Crippen LogP contribution in [0.2, 0.25) is 0 Å². The van der Waals surface area contributed by atoms with E-state index in [2.05, 4.69) is 39.4 Å². The van der Waals surface area contributed by atoms with Gasteiger partial charge >= 0.3 is 0 Å². The Balaban J connectivity index is 1.39. The first-order valence-corrected chi connectivity index (χ1v) is 13.0. The van der Waals surface area contributed by atoms with E-state index in [-0.39, 0.29) is 23.7 Å². The molecule has 190 valence electrons. The number of nitrogens with zero attached hydrogens (tertiary/aromatic N) is 2. The van der Waals surface area contributed by atoms with Crippen molar-refractivity contribution in [2.24, 2.45) is 5.41 Å². The highest BCUT2D eigenvalue weighted by atomic mass is 32.1. The molecule has 1 aliphatic carbocycles. The molecule has 5 rings (SSSR count). The van der Waals surface area contributed by atoms with E-state index >= 15 is 0 Å². The fourth-order valence-electron chi connectivity index (χ4n) is 4.60. The normalized spacial score (nSPS) is 14.3. The van der Waals surface area contributed by atoms with E-state index in [9.17, 15) is 9.59 Å². The van der Waals surface area contributed by atoms with Gasteiger partial charge < -0.3 is 20.4 Å². The molecule has 1 aliphatic rings. The number of nitrogens with one attached hydrogen (secondary N) is 3. The maximum absolute atomic E-state index is 13.2. The van der Waals surface area contributed by atoms with Gasteiger partial charge in [-0.1, -0.05) is 32.0 Å². The molecule has 0 saturated heterocycles. The first-order valence-electron chi connectivity index (χ1n) is 12.1. The number of para-hydroxylation sites is 1. The predicted octanol–water partition coefficient (Wildman–Crippen LogP) is 5.90. The van der Waals surface area contributed by atoms with Gasteiger partial charge in [-0.2, -0.15) is 0 Å². The molecule has 3 N–H and O–H groups in total. The van der Waals surface area contributed by atoms with E-state index in [1.165, 1.54) is 11.3 Å². The summed E-state index contributed by atoms with van der Waals surface area (Å²) in [5.74, 6) is 0.227. The number of aromatic amines is 1. The number of hydrogen-bond acceptors (Lipinski definition) is 7. The van der Waals surface area contributed by atoms with Crippen LogP contribution in [0.3, 0.4) is 0 Å². The van der Waals surface area contributed by atoms with Gasteiger partial charge in [0.25, 0.3) is 5.91 Å². The summed E-state index contributed by atoms with van der Waals surface area (Å²) in [4.78, 5) is 38.7. The molecule has 0 atom stereocenters. The number of hydrogen-bond donors (Lipinski definition) is 3. The Kier molecular flexibility index (Phi) is 6.90. The van der Waals surface area contributed by atoms with Crippen LogP contribution in [0.25, 0.3) is 11.3 Å². The summed E-state index contributed by atoms with van der Waals surface area (Å²) in [5.41, 5.74) is 7.40. The highest BCUT2D eigenvalue weighted by Gasteiger charge is 2.35. The lowest BCUT2D eigenvalue weighted by molar-refractivity contribution is -0.121. The van der Waals surface area contributed by atoms with Crippen molar-refractivity contribution in [1.82, 2.24) is 15.0 Å². The van der Waals surface area contributed by atoms with E-state index in [1.54, 1.807) is 17.8 Å². The molecule has 37 heavy (non-hydrogen) atoms. The van der Waals surface area contributed by atoms with Crippen molar-refractivity contribution in [3.8, 4) is 11.3 Å². The van der Waals surface area contributed by atoms with Gasteiger partial charge in [-0.15, -0.1) is 11.3 Å². The van der Waals surface area contributed by atoms with Crippen LogP contribution in [0.15, 0.2) is 54.2 Å². The lowest BCUT2D eigenvalue weighted by atomic mass is 9.76. The second kappa shape index (κ2) is 10.3. The smallest absolute Gasteiger partial charge is 0.251 e. The van der Waals surface area contributed by atoms with Crippen molar-refractivity contribution < 1.29 is 14.3 Å². The Morgan fingerprint density at radius 2 is 1.97 bits per heavy atom. The van der Waals surface area contributed by atoms with Crippen LogP contribution < -0.4 is 10.6 Å². The van der Waals surface area contributed by atoms with Crippen LogP contribution in [0.1, 0.15) is 46.9 Å². The summed E-state index contributed by atoms with van der Waals surface area (Å²) in [6.07, 6.45) is 2.90. The number of fused-ring (bicyclic) bond motifs is 1. The molecule has 3 aromatic heterocycles. The molecule has 8 nitrogen and oxygen atoms in total. The summed E-state index contributed by atoms with van der Waals surface area (Å²) >= 11 is 1.50. The molecule has 1 aromatic carbocycles. The monoisotopic (exact) mass is 515 g/mol. The van der Waals surface area contributed by atoms with Crippen LogP contribution in [-0.4, -0.2) is 33.2 Å². The molecule has 0 aliphatic heterocycles. The highest BCUT2D eigenvalue weighted by Crippen LogP contribution is 2.43. The van der Waals surface area contributed by atoms with Crippen molar-refractivity contribution in [3.63, 3.8) is 0 Å². The first kappa shape index (κ1) is 24.9. The van der Waals surface area contributed by atoms with E-state index in [1.807, 2.05) is 43.3 Å². The van der Waals surface area contributed by atoms with Crippen LogP contribution in [0.4, 0.5) is 17.2 Å². The molecule has 0 fully saturated rings. The van der Waals surface area contributed by atoms with E-state index in [4.69, 9.17) is 4.74 Å². The van der Waals surface area contributed by atoms with Gasteiger partial charge in [-0.05, 0) is 43.0 Å². The zero-order valence-electron chi connectivity index (χ0n) is 21.1. The van der Waals surface area contributed by atoms with Crippen molar-refractivity contribution in [3.05, 3.63) is 76.0 Å². The van der Waals surface area contributed by atoms with Crippen molar-refractivity contribution in [2.75, 3.05) is 17.2 Å². The van der Waals surface area contributed by atoms with Crippen LogP contribution in [0, 0.1) is 12.3 Å². The minimum absolute atomic E-state index is 0.0928. The minimum Gasteiger partial charge on any atom is -0.366 e. The third-order valence-corrected chi connectivity index (χ3v) is 7.23. The standard InChI is InChI=1S/C28H29N5O3S/c1-17-22(37-16-30-17)14-36-15-24(35)33-23-11-18(9-10-29-23)26-27(31-19-7-5-4-6-8-19)25-20(32-26)12-28(2,3)13-21(25)34/h4-11,16,31-32H,12-15H2,1-3H3,(H,29,33,35). The second-order valence-electron chi connectivity index (χ2n) is 9.99. The van der Waals surface area contributed by atoms with Crippen LogP contribution >= 0.6 is 11.3 Å². The van der Waals surface area contributed by atoms with E-state index in [0.717, 1.165) is 45.3 Å². The first-order chi connectivity index (χ1) is 17.8. The quantitative estimate of drug-likeness (QED) is 0.270. The molecule has 1 amide bonds. The van der Waals surface area contributed by atoms with Gasteiger partial charge in [0.2, 0.25) is 0 Å². The van der Waals surface area contributed by atoms with Crippen LogP contribution in [-0.2, 0) is 22.6 Å². The van der Waals surface area contributed by atoms with Crippen molar-refractivity contribution in [1.29, 1.82) is 0 Å². The number of aromatic nitrogens is 3. The van der Waals surface area contributed by atoms with Crippen LogP contribution in [0.5, 0.6) is 0 Å². The topological polar surface area (TPSA) is 109 Å². The average Bonchev–Trinajstić information content (AvgIpc) is 3.42. The van der Waals surface area contributed by atoms with Gasteiger partial charge in [0.15, 0.2) is 5.78 Å². The molecule has 4 aromatic rings. The summed E-state index contributed by atoms with van der Waals surface area (Å²) in [5, 5.41) is 6.27. The maximum Gasteiger partial charge on any atom is 0.251 e. The Morgan fingerprint density at radius 1 is 1.16 bits per heavy atom. The Hall–Kier alpha value is -3.82. The summed E-state index contributed by atoms with van der Waals surface area (Å²) < 4.78 is 5.56. The summed E-state index contributed by atoms with van der Waals surface area (Å²) in [7, 11) is 0. The molecule has 9 heteroatoms. The number of amides is 1. The average molecular weight is 516 g/mol. The molecular formula is C28H29N5O3S. The molecule has 0 saturated carbocycles. The molecule has 3 heterocycles. The van der Waals surface area contributed by atoms with Gasteiger partial charge in [0.05, 0.1) is 39.6 Å². The van der Waals surface area contributed by atoms with E-state index in [0.29, 0.717) is 24.4 Å². The highest BCUT2D eigenvalue weighted by molar-refractivity contribution is 7.09. The van der Waals surface area contributed by atoms with Crippen molar-refractivity contribution in [2.45, 2.75) is 40.2 Å². The lowest BCUT2D eigenvalue weighted by Gasteiger charge is -2.28. The molecule has 0 radical (unpaired) electrons. The van der Waals surface area contributed by atoms with Gasteiger partial charge in [-0.3, -0.25) is 9.59 Å². The number of anilines is 3. The third-order valence-electron chi connectivity index (χ3n) is 6.32. The summed E-state index contributed by atoms with van der Waals surface area (Å²) in [6, 6.07) is 13.4. The number of ketones is 1. The number of thiazole rings is 1. The minimum atomic E-state index is -0.294. The molecule has 0 unspecified atom stereocenters. The number of benzene rings is 1. The fourth-order valence-corrected chi connectivity index (χ4v) is 5.31. The Morgan fingerprint density at radius 3 is 2.73 bits per heavy atom. The van der Waals surface area contributed by atoms with Gasteiger partial charge in [-0.25, -0.2) is 9.97 Å². The molecule has 0 spiro atoms. The summed E-state index contributed by atoms with van der Waals surface area (Å²) in [6.45, 7) is 6.38. The number of ether oxygens (including phenoxy) is 1. The predicted molar refractivity (Wildman–Crippen MR) is 145 cm³/mol. The van der Waals surface area contributed by atoms with Gasteiger partial charge in [0.1, 0.15) is 12.4 Å². The number of aryl methyl sites for hydroxylation is 1. The zero-order chi connectivity index (χ0) is 26.0. The zero-order valence-corrected chi connectivity index (χ0v) is 21.9. The Labute approximate surface area is 219 Å². The fraction of sp³-hybridized carbons (Fsp3) is 0.286. The number of pyridine rings is 1. The maximum atomic E-state index is 13.2.